The Balaban J connectivity index is 1.26. The van der Waals surface area contributed by atoms with E-state index >= 15 is 0 Å². The monoisotopic (exact) mass is 605 g/mol. The molecule has 0 fully saturated rings. The average Bonchev–Trinajstić information content (AvgIpc) is 3.74. The first-order chi connectivity index (χ1) is 23.1. The number of hydrogen-bond acceptors (Lipinski definition) is 3. The van der Waals surface area contributed by atoms with Crippen molar-refractivity contribution in [2.45, 2.75) is 25.3 Å². The van der Waals surface area contributed by atoms with Crippen LogP contribution in [0.15, 0.2) is 149 Å². The van der Waals surface area contributed by atoms with Crippen LogP contribution in [0.3, 0.4) is 0 Å². The van der Waals surface area contributed by atoms with Gasteiger partial charge in [-0.1, -0.05) is 123 Å². The molecule has 3 heterocycles. The van der Waals surface area contributed by atoms with Crippen molar-refractivity contribution in [1.29, 1.82) is 0 Å². The highest BCUT2D eigenvalue weighted by Crippen LogP contribution is 2.56. The number of nitrogens with zero attached hydrogens (tertiary/aromatic N) is 2. The molecule has 1 atom stereocenters. The number of nitrogens with one attached hydrogen (secondary N) is 1. The van der Waals surface area contributed by atoms with Crippen LogP contribution in [0.2, 0.25) is 0 Å². The van der Waals surface area contributed by atoms with Gasteiger partial charge in [-0.3, -0.25) is 4.57 Å². The van der Waals surface area contributed by atoms with Crippen molar-refractivity contribution < 1.29 is 4.42 Å². The third-order valence-corrected chi connectivity index (χ3v) is 10.2. The maximum absolute atomic E-state index is 6.37. The molecule has 4 nitrogen and oxygen atoms in total. The molecule has 2 aliphatic rings. The predicted octanol–water partition coefficient (Wildman–Crippen LogP) is 10.6. The summed E-state index contributed by atoms with van der Waals surface area (Å²) < 4.78 is 8.74. The Morgan fingerprint density at radius 2 is 1.28 bits per heavy atom. The fraction of sp³-hybridized carbons (Fsp3) is 0.0930. The van der Waals surface area contributed by atoms with E-state index in [1.165, 1.54) is 49.4 Å². The number of amidine groups is 1. The standard InChI is InChI=1S/C43H31N3O/c1-43(2)40-28(29-22-24-36-39(41(29)43)31-18-10-12-20-35(31)47-36)21-23-34-38(40)30-17-9-11-19-33(30)46(34)37-25-32(26-13-5-3-6-14-26)44-42(45-37)27-15-7-4-8-16-27/h3-25,32H,1-2H3,(H,44,45). The molecule has 0 radical (unpaired) electrons. The maximum atomic E-state index is 6.37. The molecular weight excluding hydrogens is 574 g/mol. The molecule has 0 spiro atoms. The summed E-state index contributed by atoms with van der Waals surface area (Å²) in [4.78, 5) is 5.33. The second-order valence-corrected chi connectivity index (χ2v) is 13.2. The highest BCUT2D eigenvalue weighted by molar-refractivity contribution is 6.18. The minimum atomic E-state index is -0.265. The van der Waals surface area contributed by atoms with E-state index in [-0.39, 0.29) is 11.5 Å². The van der Waals surface area contributed by atoms with Crippen LogP contribution in [0.25, 0.3) is 60.7 Å². The van der Waals surface area contributed by atoms with Gasteiger partial charge in [0.15, 0.2) is 0 Å². The Morgan fingerprint density at radius 1 is 0.617 bits per heavy atom. The summed E-state index contributed by atoms with van der Waals surface area (Å²) in [6, 6.07) is 47.3. The van der Waals surface area contributed by atoms with Gasteiger partial charge in [-0.15, -0.1) is 0 Å². The van der Waals surface area contributed by atoms with Crippen molar-refractivity contribution in [2.24, 2.45) is 4.99 Å². The molecule has 2 aromatic heterocycles. The molecule has 8 aromatic rings. The van der Waals surface area contributed by atoms with Crippen molar-refractivity contribution in [3.05, 3.63) is 162 Å². The van der Waals surface area contributed by atoms with E-state index < -0.39 is 0 Å². The topological polar surface area (TPSA) is 42.5 Å². The molecule has 6 aromatic carbocycles. The van der Waals surface area contributed by atoms with Crippen molar-refractivity contribution in [3.8, 4) is 11.1 Å². The van der Waals surface area contributed by atoms with Gasteiger partial charge in [0, 0.05) is 32.5 Å². The Morgan fingerprint density at radius 3 is 2.09 bits per heavy atom. The zero-order valence-corrected chi connectivity index (χ0v) is 26.2. The molecule has 0 bridgehead atoms. The molecule has 4 heteroatoms. The third kappa shape index (κ3) is 3.67. The van der Waals surface area contributed by atoms with Gasteiger partial charge in [0.25, 0.3) is 0 Å². The van der Waals surface area contributed by atoms with Crippen LogP contribution in [0.4, 0.5) is 0 Å². The minimum Gasteiger partial charge on any atom is -0.456 e. The fourth-order valence-electron chi connectivity index (χ4n) is 8.23. The second-order valence-electron chi connectivity index (χ2n) is 13.2. The van der Waals surface area contributed by atoms with Crippen LogP contribution in [0, 0.1) is 0 Å². The van der Waals surface area contributed by atoms with Gasteiger partial charge in [0.2, 0.25) is 0 Å². The van der Waals surface area contributed by atoms with E-state index in [2.05, 4.69) is 151 Å². The lowest BCUT2D eigenvalue weighted by Crippen LogP contribution is -2.31. The zero-order chi connectivity index (χ0) is 31.3. The van der Waals surface area contributed by atoms with Gasteiger partial charge in [-0.05, 0) is 58.2 Å². The molecule has 47 heavy (non-hydrogen) atoms. The van der Waals surface area contributed by atoms with E-state index in [1.54, 1.807) is 0 Å². The van der Waals surface area contributed by atoms with E-state index in [1.807, 2.05) is 12.1 Å². The Kier molecular flexibility index (Phi) is 5.37. The molecule has 1 unspecified atom stereocenters. The largest absolute Gasteiger partial charge is 0.456 e. The summed E-state index contributed by atoms with van der Waals surface area (Å²) >= 11 is 0. The predicted molar refractivity (Wildman–Crippen MR) is 194 cm³/mol. The molecule has 1 N–H and O–H groups in total. The van der Waals surface area contributed by atoms with Crippen LogP contribution in [-0.4, -0.2) is 10.4 Å². The number of hydrogen-bond donors (Lipinski definition) is 1. The van der Waals surface area contributed by atoms with Gasteiger partial charge >= 0.3 is 0 Å². The third-order valence-electron chi connectivity index (χ3n) is 10.2. The highest BCUT2D eigenvalue weighted by atomic mass is 16.3. The van der Waals surface area contributed by atoms with Gasteiger partial charge in [-0.2, -0.15) is 0 Å². The summed E-state index contributed by atoms with van der Waals surface area (Å²) in [7, 11) is 0. The van der Waals surface area contributed by atoms with Crippen LogP contribution in [0.5, 0.6) is 0 Å². The first kappa shape index (κ1) is 26.4. The van der Waals surface area contributed by atoms with Crippen molar-refractivity contribution in [1.82, 2.24) is 9.88 Å². The number of benzene rings is 6. The van der Waals surface area contributed by atoms with Crippen molar-refractivity contribution in [2.75, 3.05) is 0 Å². The molecule has 0 saturated carbocycles. The average molecular weight is 606 g/mol. The summed E-state index contributed by atoms with van der Waals surface area (Å²) in [6.07, 6.45) is 2.27. The van der Waals surface area contributed by atoms with Crippen molar-refractivity contribution >= 4 is 55.4 Å². The SMILES string of the molecule is CC1(C)c2c(ccc3oc4ccccc4c23)-c2ccc3c(c21)c1ccccc1n3C1=CC(c2ccccc2)NC(c2ccccc2)=N1. The lowest BCUT2D eigenvalue weighted by Gasteiger charge is -2.25. The molecule has 0 saturated heterocycles. The second kappa shape index (κ2) is 9.57. The van der Waals surface area contributed by atoms with E-state index in [4.69, 9.17) is 9.41 Å². The van der Waals surface area contributed by atoms with Gasteiger partial charge in [0.05, 0.1) is 17.1 Å². The normalized spacial score (nSPS) is 16.7. The first-order valence-electron chi connectivity index (χ1n) is 16.3. The highest BCUT2D eigenvalue weighted by Gasteiger charge is 2.40. The van der Waals surface area contributed by atoms with Gasteiger partial charge in [-0.25, -0.2) is 4.99 Å². The van der Waals surface area contributed by atoms with Crippen LogP contribution in [-0.2, 0) is 5.41 Å². The number of furan rings is 1. The Labute approximate surface area is 272 Å². The molecule has 224 valence electrons. The first-order valence-corrected chi connectivity index (χ1v) is 16.3. The zero-order valence-electron chi connectivity index (χ0n) is 26.2. The summed E-state index contributed by atoms with van der Waals surface area (Å²) in [6.45, 7) is 4.76. The summed E-state index contributed by atoms with van der Waals surface area (Å²) in [5.74, 6) is 1.78. The van der Waals surface area contributed by atoms with Crippen molar-refractivity contribution in [3.63, 3.8) is 0 Å². The molecule has 0 amide bonds. The van der Waals surface area contributed by atoms with E-state index in [0.717, 1.165) is 39.4 Å². The smallest absolute Gasteiger partial charge is 0.138 e. The van der Waals surface area contributed by atoms with Crippen LogP contribution in [0.1, 0.15) is 42.1 Å². The Bertz CT molecular complexity index is 2620. The number of rotatable bonds is 3. The quantitative estimate of drug-likeness (QED) is 0.218. The van der Waals surface area contributed by atoms with E-state index in [0.29, 0.717) is 0 Å². The van der Waals surface area contributed by atoms with Crippen LogP contribution >= 0.6 is 0 Å². The number of para-hydroxylation sites is 2. The molecule has 10 rings (SSSR count). The lowest BCUT2D eigenvalue weighted by molar-refractivity contribution is 0.660. The number of fused-ring (bicyclic) bond motifs is 11. The summed E-state index contributed by atoms with van der Waals surface area (Å²) in [5.41, 5.74) is 11.5. The van der Waals surface area contributed by atoms with E-state index in [9.17, 15) is 0 Å². The number of aromatic nitrogens is 1. The van der Waals surface area contributed by atoms with Gasteiger partial charge in [0.1, 0.15) is 22.8 Å². The van der Waals surface area contributed by atoms with Crippen LogP contribution < -0.4 is 5.32 Å². The Hall–Kier alpha value is -5.87. The number of aliphatic imine (C=N–C) groups is 1. The lowest BCUT2D eigenvalue weighted by atomic mass is 9.79. The fourth-order valence-corrected chi connectivity index (χ4v) is 8.23. The van der Waals surface area contributed by atoms with Gasteiger partial charge < -0.3 is 9.73 Å². The molecule has 1 aliphatic carbocycles. The maximum Gasteiger partial charge on any atom is 0.138 e. The minimum absolute atomic E-state index is 0.0344. The molecule has 1 aliphatic heterocycles. The molecular formula is C43H31N3O. The summed E-state index contributed by atoms with van der Waals surface area (Å²) in [5, 5.41) is 8.64.